The number of carbonyl (C=O) groups excluding carboxylic acids is 4. The molecule has 0 radical (unpaired) electrons. The van der Waals surface area contributed by atoms with Crippen LogP contribution in [-0.2, 0) is 32.0 Å². The van der Waals surface area contributed by atoms with Gasteiger partial charge in [-0.05, 0) is 59.0 Å². The van der Waals surface area contributed by atoms with E-state index < -0.39 is 53.7 Å². The van der Waals surface area contributed by atoms with Crippen LogP contribution in [0.3, 0.4) is 0 Å². The monoisotopic (exact) mass is 665 g/mol. The summed E-state index contributed by atoms with van der Waals surface area (Å²) in [6, 6.07) is 14.4. The Bertz CT molecular complexity index is 1520. The number of benzene rings is 3. The fraction of sp³-hybridized carbons (Fsp3) is 0.312. The minimum atomic E-state index is -5.20. The van der Waals surface area contributed by atoms with E-state index >= 15 is 0 Å². The van der Waals surface area contributed by atoms with Gasteiger partial charge in [-0.3, -0.25) is 19.2 Å². The van der Waals surface area contributed by atoms with E-state index in [1.54, 1.807) is 48.5 Å². The molecule has 0 aromatic heterocycles. The molecule has 3 amide bonds. The van der Waals surface area contributed by atoms with Gasteiger partial charge in [0.2, 0.25) is 17.7 Å². The Morgan fingerprint density at radius 3 is 1.91 bits per heavy atom. The SMILES string of the molecule is COc1ccc([C@H](NC(=O)[C@H](Cc2cccc(Cl)c2)NC(=O)Cc2cccc(Cl)c2)C(=O)N[C@H](C(=O)C(F)(F)F)C(C)C)cc1. The van der Waals surface area contributed by atoms with Crippen LogP contribution < -0.4 is 20.7 Å². The number of halogens is 5. The fourth-order valence-electron chi connectivity index (χ4n) is 4.47. The van der Waals surface area contributed by atoms with E-state index in [2.05, 4.69) is 16.0 Å². The van der Waals surface area contributed by atoms with Crippen LogP contribution in [0.1, 0.15) is 36.6 Å². The Morgan fingerprint density at radius 2 is 1.38 bits per heavy atom. The van der Waals surface area contributed by atoms with Crippen LogP contribution in [0.25, 0.3) is 0 Å². The normalized spacial score (nSPS) is 13.4. The van der Waals surface area contributed by atoms with Crippen molar-refractivity contribution in [2.24, 2.45) is 5.92 Å². The summed E-state index contributed by atoms with van der Waals surface area (Å²) in [5.41, 5.74) is 1.37. The highest BCUT2D eigenvalue weighted by atomic mass is 35.5. The summed E-state index contributed by atoms with van der Waals surface area (Å²) in [4.78, 5) is 52.4. The average molecular weight is 667 g/mol. The molecular formula is C32H32Cl2F3N3O5. The summed E-state index contributed by atoms with van der Waals surface area (Å²) in [7, 11) is 1.42. The maximum atomic E-state index is 13.8. The fourth-order valence-corrected chi connectivity index (χ4v) is 4.90. The Morgan fingerprint density at radius 1 is 0.800 bits per heavy atom. The van der Waals surface area contributed by atoms with E-state index in [0.717, 1.165) is 0 Å². The van der Waals surface area contributed by atoms with Gasteiger partial charge < -0.3 is 20.7 Å². The molecule has 0 aliphatic rings. The molecule has 0 bridgehead atoms. The number of ether oxygens (including phenoxy) is 1. The quantitative estimate of drug-likeness (QED) is 0.226. The van der Waals surface area contributed by atoms with Crippen LogP contribution in [0.2, 0.25) is 10.0 Å². The predicted octanol–water partition coefficient (Wildman–Crippen LogP) is 5.40. The van der Waals surface area contributed by atoms with E-state index in [1.807, 2.05) is 0 Å². The number of Topliss-reactive ketones (excluding diaryl/α,β-unsaturated/α-hetero) is 1. The van der Waals surface area contributed by atoms with E-state index in [1.165, 1.54) is 45.2 Å². The number of hydrogen-bond donors (Lipinski definition) is 3. The molecule has 8 nitrogen and oxygen atoms in total. The van der Waals surface area contributed by atoms with Crippen LogP contribution >= 0.6 is 23.2 Å². The Kier molecular flexibility index (Phi) is 12.4. The number of hydrogen-bond acceptors (Lipinski definition) is 5. The summed E-state index contributed by atoms with van der Waals surface area (Å²) in [5.74, 6) is -5.02. The predicted molar refractivity (Wildman–Crippen MR) is 164 cm³/mol. The second-order valence-corrected chi connectivity index (χ2v) is 11.4. The third kappa shape index (κ3) is 10.5. The van der Waals surface area contributed by atoms with Gasteiger partial charge in [0.15, 0.2) is 0 Å². The number of alkyl halides is 3. The molecule has 3 rings (SSSR count). The van der Waals surface area contributed by atoms with Crippen molar-refractivity contribution >= 4 is 46.7 Å². The van der Waals surface area contributed by atoms with Crippen LogP contribution in [0.4, 0.5) is 13.2 Å². The van der Waals surface area contributed by atoms with Crippen LogP contribution in [0, 0.1) is 5.92 Å². The molecule has 0 unspecified atom stereocenters. The van der Waals surface area contributed by atoms with Crippen LogP contribution in [-0.4, -0.2) is 48.9 Å². The van der Waals surface area contributed by atoms with Crippen molar-refractivity contribution in [2.45, 2.75) is 51.0 Å². The molecule has 0 heterocycles. The maximum absolute atomic E-state index is 13.8. The number of nitrogens with one attached hydrogen (secondary N) is 3. The van der Waals surface area contributed by atoms with E-state index in [-0.39, 0.29) is 18.4 Å². The molecule has 0 aliphatic carbocycles. The molecule has 0 saturated carbocycles. The van der Waals surface area contributed by atoms with Crippen molar-refractivity contribution in [1.82, 2.24) is 16.0 Å². The zero-order valence-corrected chi connectivity index (χ0v) is 26.1. The minimum Gasteiger partial charge on any atom is -0.497 e. The largest absolute Gasteiger partial charge is 0.497 e. The highest BCUT2D eigenvalue weighted by Crippen LogP contribution is 2.24. The van der Waals surface area contributed by atoms with Gasteiger partial charge in [-0.2, -0.15) is 13.2 Å². The number of methoxy groups -OCH3 is 1. The number of amides is 3. The molecule has 0 spiro atoms. The lowest BCUT2D eigenvalue weighted by Gasteiger charge is -2.27. The first kappa shape index (κ1) is 35.4. The molecule has 13 heteroatoms. The molecular weight excluding hydrogens is 634 g/mol. The lowest BCUT2D eigenvalue weighted by atomic mass is 9.97. The van der Waals surface area contributed by atoms with Gasteiger partial charge in [0.1, 0.15) is 17.8 Å². The van der Waals surface area contributed by atoms with Crippen molar-refractivity contribution < 1.29 is 37.1 Å². The minimum absolute atomic E-state index is 0.0359. The Labute approximate surface area is 268 Å². The van der Waals surface area contributed by atoms with Crippen molar-refractivity contribution in [2.75, 3.05) is 7.11 Å². The van der Waals surface area contributed by atoms with Gasteiger partial charge in [0.05, 0.1) is 19.6 Å². The van der Waals surface area contributed by atoms with Gasteiger partial charge in [0, 0.05) is 16.5 Å². The second kappa shape index (κ2) is 15.8. The van der Waals surface area contributed by atoms with Crippen molar-refractivity contribution in [3.05, 3.63) is 99.5 Å². The maximum Gasteiger partial charge on any atom is 0.452 e. The number of carbonyl (C=O) groups is 4. The molecule has 240 valence electrons. The van der Waals surface area contributed by atoms with Crippen molar-refractivity contribution in [3.8, 4) is 5.75 Å². The first-order valence-electron chi connectivity index (χ1n) is 13.8. The Balaban J connectivity index is 1.94. The van der Waals surface area contributed by atoms with Crippen LogP contribution in [0.15, 0.2) is 72.8 Å². The van der Waals surface area contributed by atoms with Crippen molar-refractivity contribution in [3.63, 3.8) is 0 Å². The summed E-state index contributed by atoms with van der Waals surface area (Å²) in [6.45, 7) is 2.71. The smallest absolute Gasteiger partial charge is 0.452 e. The second-order valence-electron chi connectivity index (χ2n) is 10.6. The van der Waals surface area contributed by atoms with Gasteiger partial charge in [-0.25, -0.2) is 0 Å². The lowest BCUT2D eigenvalue weighted by molar-refractivity contribution is -0.175. The van der Waals surface area contributed by atoms with Gasteiger partial charge in [0.25, 0.3) is 5.78 Å². The third-order valence-corrected chi connectivity index (χ3v) is 7.23. The molecule has 3 N–H and O–H groups in total. The van der Waals surface area contributed by atoms with Gasteiger partial charge in [-0.15, -0.1) is 0 Å². The topological polar surface area (TPSA) is 114 Å². The van der Waals surface area contributed by atoms with Crippen LogP contribution in [0.5, 0.6) is 5.75 Å². The third-order valence-electron chi connectivity index (χ3n) is 6.76. The Hall–Kier alpha value is -4.09. The van der Waals surface area contributed by atoms with Gasteiger partial charge >= 0.3 is 6.18 Å². The molecule has 0 fully saturated rings. The zero-order chi connectivity index (χ0) is 33.3. The molecule has 0 saturated heterocycles. The van der Waals surface area contributed by atoms with E-state index in [0.29, 0.717) is 26.9 Å². The highest BCUT2D eigenvalue weighted by molar-refractivity contribution is 6.30. The molecule has 3 atom stereocenters. The zero-order valence-electron chi connectivity index (χ0n) is 24.6. The molecule has 0 aliphatic heterocycles. The summed E-state index contributed by atoms with van der Waals surface area (Å²) in [5, 5.41) is 8.20. The average Bonchev–Trinajstić information content (AvgIpc) is 2.97. The van der Waals surface area contributed by atoms with E-state index in [4.69, 9.17) is 27.9 Å². The standard InChI is InChI=1S/C32H32Cl2F3N3O5/c1-18(2)27(29(42)32(35,36)37)39-31(44)28(21-10-12-24(45-3)13-11-21)40-30(43)25(16-19-6-4-8-22(33)14-19)38-26(41)17-20-7-5-9-23(34)15-20/h4-15,18,25,27-28H,16-17H2,1-3H3,(H,38,41)(H,39,44)(H,40,43)/t25-,27-,28-/m0/s1. The van der Waals surface area contributed by atoms with Crippen molar-refractivity contribution in [1.29, 1.82) is 0 Å². The summed E-state index contributed by atoms with van der Waals surface area (Å²) in [6.07, 6.45) is -5.35. The first-order valence-corrected chi connectivity index (χ1v) is 14.6. The molecule has 45 heavy (non-hydrogen) atoms. The number of rotatable bonds is 13. The van der Waals surface area contributed by atoms with Gasteiger partial charge in [-0.1, -0.05) is 73.4 Å². The lowest BCUT2D eigenvalue weighted by Crippen LogP contribution is -2.55. The number of ketones is 1. The highest BCUT2D eigenvalue weighted by Gasteiger charge is 2.45. The summed E-state index contributed by atoms with van der Waals surface area (Å²) < 4.78 is 45.1. The molecule has 3 aromatic rings. The first-order chi connectivity index (χ1) is 21.2. The summed E-state index contributed by atoms with van der Waals surface area (Å²) >= 11 is 12.2. The molecule has 3 aromatic carbocycles. The van der Waals surface area contributed by atoms with E-state index in [9.17, 15) is 32.3 Å².